The average molecular weight is 580 g/mol. The van der Waals surface area contributed by atoms with Crippen LogP contribution in [0.25, 0.3) is 0 Å². The summed E-state index contributed by atoms with van der Waals surface area (Å²) in [6.07, 6.45) is 1.71. The molecule has 0 unspecified atom stereocenters. The molecule has 3 aliphatic heterocycles. The predicted molar refractivity (Wildman–Crippen MR) is 150 cm³/mol. The number of benzene rings is 2. The van der Waals surface area contributed by atoms with Gasteiger partial charge in [0.2, 0.25) is 18.0 Å². The summed E-state index contributed by atoms with van der Waals surface area (Å²) in [6.45, 7) is 4.25. The zero-order chi connectivity index (χ0) is 28.9. The smallest absolute Gasteiger partial charge is 0.451 e. The molecule has 6 rings (SSSR count). The van der Waals surface area contributed by atoms with Gasteiger partial charge in [-0.15, -0.1) is 11.8 Å². The van der Waals surface area contributed by atoms with E-state index in [1.807, 2.05) is 18.2 Å². The number of piperidine rings is 1. The zero-order valence-corrected chi connectivity index (χ0v) is 23.8. The van der Waals surface area contributed by atoms with Crippen LogP contribution in [0.3, 0.4) is 0 Å². The van der Waals surface area contributed by atoms with Crippen molar-refractivity contribution in [3.63, 3.8) is 0 Å². The normalized spacial score (nSPS) is 20.6. The van der Waals surface area contributed by atoms with Crippen LogP contribution in [-0.4, -0.2) is 48.3 Å². The van der Waals surface area contributed by atoms with Gasteiger partial charge in [-0.2, -0.15) is 0 Å². The summed E-state index contributed by atoms with van der Waals surface area (Å²) in [5.41, 5.74) is 2.26. The SMILES string of the molecule is COC(=O)OCOc1c2n(ccc1=O)N([C@H]1c3ccc(F)cc3CSc3ccccc31)[C@@H]1CC(C)(C)CCN1C2=O. The Morgan fingerprint density at radius 3 is 2.73 bits per heavy atom. The second-order valence-corrected chi connectivity index (χ2v) is 12.1. The predicted octanol–water partition coefficient (Wildman–Crippen LogP) is 5.04. The summed E-state index contributed by atoms with van der Waals surface area (Å²) in [4.78, 5) is 41.5. The molecule has 0 spiro atoms. The summed E-state index contributed by atoms with van der Waals surface area (Å²) in [5.74, 6) is -0.286. The van der Waals surface area contributed by atoms with E-state index in [0.717, 1.165) is 35.1 Å². The molecule has 1 aromatic heterocycles. The van der Waals surface area contributed by atoms with E-state index in [2.05, 4.69) is 35.7 Å². The number of fused-ring (bicyclic) bond motifs is 4. The minimum Gasteiger partial charge on any atom is -0.451 e. The van der Waals surface area contributed by atoms with Gasteiger partial charge in [0.1, 0.15) is 12.0 Å². The van der Waals surface area contributed by atoms with Crippen molar-refractivity contribution >= 4 is 23.8 Å². The van der Waals surface area contributed by atoms with E-state index in [0.29, 0.717) is 18.7 Å². The Balaban J connectivity index is 1.58. The number of hydrogen-bond donors (Lipinski definition) is 0. The van der Waals surface area contributed by atoms with Crippen molar-refractivity contribution in [3.8, 4) is 5.75 Å². The Morgan fingerprint density at radius 2 is 1.93 bits per heavy atom. The molecule has 2 atom stereocenters. The number of methoxy groups -OCH3 is 1. The van der Waals surface area contributed by atoms with Crippen LogP contribution in [0.15, 0.2) is 64.4 Å². The van der Waals surface area contributed by atoms with Gasteiger partial charge in [-0.25, -0.2) is 9.18 Å². The highest BCUT2D eigenvalue weighted by Gasteiger charge is 2.48. The highest BCUT2D eigenvalue weighted by Crippen LogP contribution is 2.47. The molecule has 4 heterocycles. The standard InChI is InChI=1S/C30H30FN3O6S/c1-30(2)11-13-32-24(15-30)34(33-12-10-22(35)27(26(33)28(32)36)39-17-40-29(37)38-3)25-20-9-8-19(31)14-18(20)16-41-23-7-5-4-6-21(23)25/h4-10,12,14,24-25H,11,13,15-17H2,1-3H3/t24-,25+/m1/s1. The van der Waals surface area contributed by atoms with Crippen LogP contribution in [0, 0.1) is 11.2 Å². The van der Waals surface area contributed by atoms with Crippen molar-refractivity contribution in [2.24, 2.45) is 5.41 Å². The molecule has 1 fully saturated rings. The Labute approximate surface area is 240 Å². The molecule has 3 aromatic rings. The number of nitrogens with zero attached hydrogens (tertiary/aromatic N) is 3. The van der Waals surface area contributed by atoms with Crippen molar-refractivity contribution in [1.29, 1.82) is 0 Å². The molecule has 3 aliphatic rings. The van der Waals surface area contributed by atoms with Crippen LogP contribution in [0.4, 0.5) is 9.18 Å². The van der Waals surface area contributed by atoms with Crippen molar-refractivity contribution in [3.05, 3.63) is 93.2 Å². The first-order valence-electron chi connectivity index (χ1n) is 13.4. The van der Waals surface area contributed by atoms with Gasteiger partial charge in [-0.1, -0.05) is 38.1 Å². The lowest BCUT2D eigenvalue weighted by Crippen LogP contribution is -2.65. The fourth-order valence-corrected chi connectivity index (χ4v) is 7.05. The molecule has 0 saturated carbocycles. The van der Waals surface area contributed by atoms with Crippen molar-refractivity contribution in [1.82, 2.24) is 9.58 Å². The van der Waals surface area contributed by atoms with Gasteiger partial charge in [0.25, 0.3) is 5.91 Å². The highest BCUT2D eigenvalue weighted by atomic mass is 32.2. The van der Waals surface area contributed by atoms with E-state index in [1.165, 1.54) is 12.1 Å². The minimum absolute atomic E-state index is 0.0416. The molecule has 1 saturated heterocycles. The van der Waals surface area contributed by atoms with E-state index in [1.54, 1.807) is 33.6 Å². The van der Waals surface area contributed by atoms with Gasteiger partial charge in [-0.05, 0) is 53.1 Å². The third-order valence-electron chi connectivity index (χ3n) is 7.98. The molecular weight excluding hydrogens is 549 g/mol. The van der Waals surface area contributed by atoms with Crippen LogP contribution in [0.2, 0.25) is 0 Å². The zero-order valence-electron chi connectivity index (χ0n) is 23.0. The summed E-state index contributed by atoms with van der Waals surface area (Å²) in [6, 6.07) is 13.8. The van der Waals surface area contributed by atoms with E-state index < -0.39 is 24.4 Å². The maximum atomic E-state index is 14.5. The monoisotopic (exact) mass is 579 g/mol. The lowest BCUT2D eigenvalue weighted by atomic mass is 9.79. The lowest BCUT2D eigenvalue weighted by molar-refractivity contribution is 0.0104. The van der Waals surface area contributed by atoms with E-state index >= 15 is 0 Å². The van der Waals surface area contributed by atoms with Crippen molar-refractivity contribution < 1.29 is 28.2 Å². The Hall–Kier alpha value is -3.99. The fraction of sp³-hybridized carbons (Fsp3) is 0.367. The molecule has 214 valence electrons. The average Bonchev–Trinajstić information content (AvgIpc) is 3.10. The van der Waals surface area contributed by atoms with Crippen LogP contribution < -0.4 is 15.2 Å². The number of halogens is 1. The molecule has 0 N–H and O–H groups in total. The van der Waals surface area contributed by atoms with Crippen LogP contribution >= 0.6 is 11.8 Å². The third-order valence-corrected chi connectivity index (χ3v) is 9.12. The maximum absolute atomic E-state index is 14.5. The number of aromatic nitrogens is 1. The van der Waals surface area contributed by atoms with Gasteiger partial charge < -0.3 is 19.1 Å². The van der Waals surface area contributed by atoms with Crippen molar-refractivity contribution in [2.45, 2.75) is 49.5 Å². The van der Waals surface area contributed by atoms with Gasteiger partial charge in [-0.3, -0.25) is 19.3 Å². The number of amides is 1. The number of ether oxygens (including phenoxy) is 3. The number of carbonyl (C=O) groups is 2. The van der Waals surface area contributed by atoms with Crippen LogP contribution in [0.5, 0.6) is 5.75 Å². The van der Waals surface area contributed by atoms with E-state index in [4.69, 9.17) is 9.47 Å². The Kier molecular flexibility index (Phi) is 6.93. The van der Waals surface area contributed by atoms with Crippen molar-refractivity contribution in [2.75, 3.05) is 25.5 Å². The first kappa shape index (κ1) is 27.2. The molecule has 9 nitrogen and oxygen atoms in total. The molecular formula is C30H30FN3O6S. The van der Waals surface area contributed by atoms with Crippen LogP contribution in [0.1, 0.15) is 59.9 Å². The van der Waals surface area contributed by atoms with Gasteiger partial charge in [0.15, 0.2) is 5.69 Å². The number of pyridine rings is 1. The van der Waals surface area contributed by atoms with E-state index in [9.17, 15) is 18.8 Å². The first-order chi connectivity index (χ1) is 19.7. The van der Waals surface area contributed by atoms with Gasteiger partial charge >= 0.3 is 6.16 Å². The maximum Gasteiger partial charge on any atom is 0.510 e. The molecule has 0 aliphatic carbocycles. The highest BCUT2D eigenvalue weighted by molar-refractivity contribution is 7.98. The topological polar surface area (TPSA) is 90.3 Å². The first-order valence-corrected chi connectivity index (χ1v) is 14.4. The third kappa shape index (κ3) is 4.81. The molecule has 0 bridgehead atoms. The fourth-order valence-electron chi connectivity index (χ4n) is 5.97. The van der Waals surface area contributed by atoms with Crippen LogP contribution in [-0.2, 0) is 15.2 Å². The molecule has 11 heteroatoms. The minimum atomic E-state index is -0.974. The number of rotatable bonds is 4. The summed E-state index contributed by atoms with van der Waals surface area (Å²) >= 11 is 1.64. The quantitative estimate of drug-likeness (QED) is 0.314. The molecule has 41 heavy (non-hydrogen) atoms. The summed E-state index contributed by atoms with van der Waals surface area (Å²) in [7, 11) is 1.16. The second kappa shape index (κ2) is 10.4. The lowest BCUT2D eigenvalue weighted by Gasteiger charge is -2.54. The summed E-state index contributed by atoms with van der Waals surface area (Å²) < 4.78 is 31.2. The largest absolute Gasteiger partial charge is 0.510 e. The number of thioether (sulfide) groups is 1. The Bertz CT molecular complexity index is 1590. The van der Waals surface area contributed by atoms with Gasteiger partial charge in [0.05, 0.1) is 13.2 Å². The molecule has 0 radical (unpaired) electrons. The molecule has 1 amide bonds. The summed E-state index contributed by atoms with van der Waals surface area (Å²) in [5, 5.41) is 2.12. The van der Waals surface area contributed by atoms with Gasteiger partial charge in [0, 0.05) is 29.5 Å². The number of hydrogen-bond acceptors (Lipinski definition) is 8. The molecule has 2 aromatic carbocycles. The Morgan fingerprint density at radius 1 is 1.12 bits per heavy atom. The second-order valence-electron chi connectivity index (χ2n) is 11.1. The number of carbonyl (C=O) groups excluding carboxylic acids is 2. The van der Waals surface area contributed by atoms with E-state index in [-0.39, 0.29) is 34.7 Å².